The van der Waals surface area contributed by atoms with Crippen LogP contribution in [0.15, 0.2) is 59.5 Å². The van der Waals surface area contributed by atoms with E-state index in [0.717, 1.165) is 35.9 Å². The number of carbonyl (C=O) groups is 1. The smallest absolute Gasteiger partial charge is 0.316 e. The van der Waals surface area contributed by atoms with E-state index in [0.29, 0.717) is 30.8 Å². The third-order valence-electron chi connectivity index (χ3n) is 7.10. The molecule has 0 amide bonds. The van der Waals surface area contributed by atoms with Gasteiger partial charge in [-0.05, 0) is 61.2 Å². The van der Waals surface area contributed by atoms with Crippen molar-refractivity contribution >= 4 is 16.7 Å². The highest BCUT2D eigenvalue weighted by molar-refractivity contribution is 5.94. The summed E-state index contributed by atoms with van der Waals surface area (Å²) in [6.45, 7) is 1.30. The molecule has 1 saturated heterocycles. The van der Waals surface area contributed by atoms with Crippen molar-refractivity contribution in [2.45, 2.75) is 25.7 Å². The van der Waals surface area contributed by atoms with Crippen molar-refractivity contribution in [3.05, 3.63) is 76.9 Å². The van der Waals surface area contributed by atoms with Crippen LogP contribution in [0.2, 0.25) is 0 Å². The van der Waals surface area contributed by atoms with Crippen LogP contribution >= 0.6 is 0 Å². The maximum absolute atomic E-state index is 15.5. The Morgan fingerprint density at radius 3 is 2.82 bits per heavy atom. The van der Waals surface area contributed by atoms with Crippen LogP contribution in [0.3, 0.4) is 0 Å². The molecule has 1 aliphatic carbocycles. The van der Waals surface area contributed by atoms with Crippen molar-refractivity contribution in [1.82, 2.24) is 25.1 Å². The van der Waals surface area contributed by atoms with E-state index in [-0.39, 0.29) is 17.4 Å². The summed E-state index contributed by atoms with van der Waals surface area (Å²) in [6.07, 6.45) is 4.56. The normalized spacial score (nSPS) is 20.1. The number of benzene rings is 2. The fourth-order valence-corrected chi connectivity index (χ4v) is 5.18. The van der Waals surface area contributed by atoms with Gasteiger partial charge in [-0.15, -0.1) is 0 Å². The summed E-state index contributed by atoms with van der Waals surface area (Å²) in [5.41, 5.74) is 1.39. The van der Waals surface area contributed by atoms with Crippen LogP contribution in [0.25, 0.3) is 27.7 Å². The molecule has 172 valence electrons. The number of Topliss-reactive ketones (excluding diaryl/α,β-unsaturated/α-hetero) is 1. The lowest BCUT2D eigenvalue weighted by atomic mass is 9.77. The first kappa shape index (κ1) is 20.9. The summed E-state index contributed by atoms with van der Waals surface area (Å²) >= 11 is 0. The number of nitrogens with zero attached hydrogens (tertiary/aromatic N) is 3. The Morgan fingerprint density at radius 1 is 1.18 bits per heavy atom. The molecule has 0 unspecified atom stereocenters. The van der Waals surface area contributed by atoms with Gasteiger partial charge in [-0.1, -0.05) is 24.3 Å². The van der Waals surface area contributed by atoms with Crippen molar-refractivity contribution in [2.24, 2.45) is 11.3 Å². The van der Waals surface area contributed by atoms with Gasteiger partial charge >= 0.3 is 5.69 Å². The highest BCUT2D eigenvalue weighted by Gasteiger charge is 2.48. The van der Waals surface area contributed by atoms with Crippen LogP contribution in [-0.2, 0) is 11.2 Å². The highest BCUT2D eigenvalue weighted by Crippen LogP contribution is 2.42. The van der Waals surface area contributed by atoms with Gasteiger partial charge < -0.3 is 5.32 Å². The summed E-state index contributed by atoms with van der Waals surface area (Å²) < 4.78 is 16.7. The molecule has 34 heavy (non-hydrogen) atoms. The molecule has 2 aromatic carbocycles. The average molecular weight is 458 g/mol. The van der Waals surface area contributed by atoms with E-state index in [4.69, 9.17) is 0 Å². The molecular formula is C26H24FN5O2. The van der Waals surface area contributed by atoms with E-state index >= 15 is 4.39 Å². The van der Waals surface area contributed by atoms with Gasteiger partial charge in [-0.2, -0.15) is 5.10 Å². The monoisotopic (exact) mass is 457 g/mol. The zero-order valence-electron chi connectivity index (χ0n) is 18.6. The predicted octanol–water partition coefficient (Wildman–Crippen LogP) is 3.42. The third-order valence-corrected chi connectivity index (χ3v) is 7.10. The molecule has 7 nitrogen and oxygen atoms in total. The van der Waals surface area contributed by atoms with Crippen LogP contribution in [-0.4, -0.2) is 38.6 Å². The van der Waals surface area contributed by atoms with Gasteiger partial charge in [0.1, 0.15) is 17.4 Å². The van der Waals surface area contributed by atoms with Crippen LogP contribution in [0.5, 0.6) is 0 Å². The Balaban J connectivity index is 1.39. The zero-order valence-corrected chi connectivity index (χ0v) is 18.6. The lowest BCUT2D eigenvalue weighted by molar-refractivity contribution is -0.129. The van der Waals surface area contributed by atoms with E-state index in [2.05, 4.69) is 20.5 Å². The van der Waals surface area contributed by atoms with E-state index in [9.17, 15) is 9.59 Å². The summed E-state index contributed by atoms with van der Waals surface area (Å²) in [5, 5.41) is 10.9. The number of ketones is 1. The maximum atomic E-state index is 15.5. The second-order valence-corrected chi connectivity index (χ2v) is 9.34. The Kier molecular flexibility index (Phi) is 4.91. The molecule has 2 aromatic heterocycles. The molecular weight excluding hydrogens is 433 g/mol. The molecule has 6 rings (SSSR count). The van der Waals surface area contributed by atoms with Crippen molar-refractivity contribution < 1.29 is 9.18 Å². The molecule has 4 aromatic rings. The van der Waals surface area contributed by atoms with Gasteiger partial charge in [0.05, 0.1) is 11.2 Å². The van der Waals surface area contributed by atoms with Gasteiger partial charge in [0, 0.05) is 35.9 Å². The third kappa shape index (κ3) is 3.45. The lowest BCUT2D eigenvalue weighted by Crippen LogP contribution is -2.38. The Bertz CT molecular complexity index is 1460. The van der Waals surface area contributed by atoms with Gasteiger partial charge in [0.25, 0.3) is 0 Å². The Labute approximate surface area is 195 Å². The number of aromatic nitrogens is 4. The molecule has 1 atom stereocenters. The number of H-pyrrole nitrogens is 1. The number of carbonyl (C=O) groups excluding carboxylic acids is 1. The number of nitrogens with one attached hydrogen (secondary N) is 2. The minimum Gasteiger partial charge on any atom is -0.316 e. The largest absolute Gasteiger partial charge is 0.348 e. The molecule has 0 spiro atoms. The Hall–Kier alpha value is -3.65. The predicted molar refractivity (Wildman–Crippen MR) is 126 cm³/mol. The molecule has 1 aliphatic heterocycles. The topological polar surface area (TPSA) is 92.7 Å². The van der Waals surface area contributed by atoms with E-state index in [1.807, 2.05) is 30.3 Å². The van der Waals surface area contributed by atoms with Crippen LogP contribution in [0.4, 0.5) is 4.39 Å². The SMILES string of the molecule is O=C(C1CC1)[C@]1(Cc2n[nH]c(=O)n2-c2ccc(-c3cccc4ncccc34)cc2F)CCNC1. The first-order chi connectivity index (χ1) is 16.6. The van der Waals surface area contributed by atoms with Crippen molar-refractivity contribution in [2.75, 3.05) is 13.1 Å². The van der Waals surface area contributed by atoms with Gasteiger partial charge in [0.15, 0.2) is 0 Å². The molecule has 2 N–H and O–H groups in total. The number of fused-ring (bicyclic) bond motifs is 1. The Morgan fingerprint density at radius 2 is 2.06 bits per heavy atom. The number of rotatable bonds is 6. The summed E-state index contributed by atoms with van der Waals surface area (Å²) in [4.78, 5) is 30.2. The molecule has 2 aliphatic rings. The first-order valence-corrected chi connectivity index (χ1v) is 11.6. The molecule has 0 bridgehead atoms. The minimum atomic E-state index is -0.600. The van der Waals surface area contributed by atoms with Gasteiger partial charge in [0.2, 0.25) is 0 Å². The van der Waals surface area contributed by atoms with E-state index in [1.165, 1.54) is 10.6 Å². The number of hydrogen-bond donors (Lipinski definition) is 2. The summed E-state index contributed by atoms with van der Waals surface area (Å²) in [5.74, 6) is 0.184. The number of halogens is 1. The molecule has 1 saturated carbocycles. The van der Waals surface area contributed by atoms with E-state index in [1.54, 1.807) is 18.3 Å². The number of hydrogen-bond acceptors (Lipinski definition) is 5. The van der Waals surface area contributed by atoms with Gasteiger partial charge in [-0.3, -0.25) is 9.78 Å². The average Bonchev–Trinajstić information content (AvgIpc) is 3.50. The highest BCUT2D eigenvalue weighted by atomic mass is 19.1. The lowest BCUT2D eigenvalue weighted by Gasteiger charge is -2.26. The van der Waals surface area contributed by atoms with Crippen LogP contribution < -0.4 is 11.0 Å². The van der Waals surface area contributed by atoms with Crippen molar-refractivity contribution in [3.8, 4) is 16.8 Å². The van der Waals surface area contributed by atoms with Crippen molar-refractivity contribution in [1.29, 1.82) is 0 Å². The summed E-state index contributed by atoms with van der Waals surface area (Å²) in [7, 11) is 0. The molecule has 2 fully saturated rings. The summed E-state index contributed by atoms with van der Waals surface area (Å²) in [6, 6.07) is 14.4. The van der Waals surface area contributed by atoms with Crippen molar-refractivity contribution in [3.63, 3.8) is 0 Å². The fraction of sp³-hybridized carbons (Fsp3) is 0.308. The van der Waals surface area contributed by atoms with E-state index < -0.39 is 16.9 Å². The zero-order chi connectivity index (χ0) is 23.3. The first-order valence-electron chi connectivity index (χ1n) is 11.6. The molecule has 3 heterocycles. The second kappa shape index (κ2) is 7.99. The van der Waals surface area contributed by atoms with Crippen LogP contribution in [0, 0.1) is 17.2 Å². The van der Waals surface area contributed by atoms with Gasteiger partial charge in [-0.25, -0.2) is 18.9 Å². The maximum Gasteiger partial charge on any atom is 0.348 e. The molecule has 0 radical (unpaired) electrons. The molecule has 8 heteroatoms. The second-order valence-electron chi connectivity index (χ2n) is 9.34. The quantitative estimate of drug-likeness (QED) is 0.463. The number of pyridine rings is 1. The fourth-order valence-electron chi connectivity index (χ4n) is 5.18. The standard InChI is InChI=1S/C26H24FN5O2/c27-20-13-17(18-3-1-5-21-19(18)4-2-11-29-21)8-9-22(20)32-23(30-31-25(32)34)14-26(10-12-28-15-26)24(33)16-6-7-16/h1-5,8-9,11,13,16,28H,6-7,10,12,14-15H2,(H,31,34)/t26-/m0/s1. The minimum absolute atomic E-state index is 0.102. The van der Waals surface area contributed by atoms with Crippen LogP contribution in [0.1, 0.15) is 25.1 Å². The number of aromatic amines is 1.